The van der Waals surface area contributed by atoms with E-state index in [1.807, 2.05) is 0 Å². The Morgan fingerprint density at radius 1 is 1.14 bits per heavy atom. The molecule has 0 amide bonds. The van der Waals surface area contributed by atoms with Crippen molar-refractivity contribution in [1.82, 2.24) is 0 Å². The molecule has 0 atom stereocenters. The van der Waals surface area contributed by atoms with Crippen molar-refractivity contribution in [1.29, 1.82) is 0 Å². The fourth-order valence-corrected chi connectivity index (χ4v) is 2.99. The lowest BCUT2D eigenvalue weighted by atomic mass is 9.76. The summed E-state index contributed by atoms with van der Waals surface area (Å²) in [4.78, 5) is 24.2. The Kier molecular flexibility index (Phi) is 4.08. The molecule has 0 radical (unpaired) electrons. The number of carboxylic acid groups (broad SMARTS) is 1. The number of ether oxygens (including phenoxy) is 1. The first-order valence-corrected chi connectivity index (χ1v) is 7.32. The lowest BCUT2D eigenvalue weighted by molar-refractivity contribution is -0.143. The normalized spacial score (nSPS) is 17.5. The van der Waals surface area contributed by atoms with Crippen LogP contribution in [0.3, 0.4) is 0 Å². The van der Waals surface area contributed by atoms with Crippen LogP contribution in [0.4, 0.5) is 0 Å². The second kappa shape index (κ2) is 5.51. The van der Waals surface area contributed by atoms with Crippen LogP contribution >= 0.6 is 0 Å². The predicted octanol–water partition coefficient (Wildman–Crippen LogP) is 3.54. The maximum absolute atomic E-state index is 12.4. The average Bonchev–Trinajstić information content (AvgIpc) is 2.87. The van der Waals surface area contributed by atoms with E-state index in [4.69, 9.17) is 4.74 Å². The van der Waals surface area contributed by atoms with Gasteiger partial charge < -0.3 is 9.84 Å². The number of aliphatic carboxylic acids is 1. The van der Waals surface area contributed by atoms with Crippen LogP contribution in [0.25, 0.3) is 0 Å². The summed E-state index contributed by atoms with van der Waals surface area (Å²) < 4.78 is 5.42. The topological polar surface area (TPSA) is 63.6 Å². The van der Waals surface area contributed by atoms with Gasteiger partial charge in [-0.1, -0.05) is 31.0 Å². The summed E-state index contributed by atoms with van der Waals surface area (Å²) >= 11 is 0. The van der Waals surface area contributed by atoms with Crippen LogP contribution < -0.4 is 0 Å². The Morgan fingerprint density at radius 3 is 2.24 bits per heavy atom. The fraction of sp³-hybridized carbons (Fsp3) is 0.529. The highest BCUT2D eigenvalue weighted by molar-refractivity contribution is 5.95. The highest BCUT2D eigenvalue weighted by atomic mass is 16.6. The molecule has 4 heteroatoms. The molecule has 0 aromatic heterocycles. The van der Waals surface area contributed by atoms with Gasteiger partial charge in [-0.3, -0.25) is 4.79 Å². The van der Waals surface area contributed by atoms with Gasteiger partial charge in [0.25, 0.3) is 0 Å². The van der Waals surface area contributed by atoms with Crippen molar-refractivity contribution in [2.24, 2.45) is 0 Å². The molecule has 1 aliphatic carbocycles. The van der Waals surface area contributed by atoms with Crippen molar-refractivity contribution >= 4 is 11.9 Å². The number of esters is 1. The number of rotatable bonds is 3. The van der Waals surface area contributed by atoms with Gasteiger partial charge in [0.2, 0.25) is 0 Å². The highest BCUT2D eigenvalue weighted by Gasteiger charge is 2.45. The largest absolute Gasteiger partial charge is 0.481 e. The Balaban J connectivity index is 2.46. The Hall–Kier alpha value is -1.84. The van der Waals surface area contributed by atoms with Crippen molar-refractivity contribution in [3.8, 4) is 0 Å². The molecule has 0 bridgehead atoms. The average molecular weight is 290 g/mol. The molecule has 1 saturated carbocycles. The monoisotopic (exact) mass is 290 g/mol. The first-order valence-electron chi connectivity index (χ1n) is 7.32. The van der Waals surface area contributed by atoms with E-state index in [-0.39, 0.29) is 0 Å². The molecule has 1 aromatic rings. The summed E-state index contributed by atoms with van der Waals surface area (Å²) in [5.74, 6) is -1.30. The zero-order valence-corrected chi connectivity index (χ0v) is 12.8. The van der Waals surface area contributed by atoms with Crippen molar-refractivity contribution in [3.05, 3.63) is 35.4 Å². The van der Waals surface area contributed by atoms with Crippen molar-refractivity contribution < 1.29 is 19.4 Å². The molecule has 1 aromatic carbocycles. The predicted molar refractivity (Wildman–Crippen MR) is 79.4 cm³/mol. The summed E-state index contributed by atoms with van der Waals surface area (Å²) in [5.41, 5.74) is -0.593. The number of hydrogen-bond acceptors (Lipinski definition) is 3. The number of hydrogen-bond donors (Lipinski definition) is 1. The van der Waals surface area contributed by atoms with Gasteiger partial charge in [-0.25, -0.2) is 4.79 Å². The molecule has 4 nitrogen and oxygen atoms in total. The second-order valence-corrected chi connectivity index (χ2v) is 6.64. The molecule has 0 heterocycles. The smallest absolute Gasteiger partial charge is 0.338 e. The highest BCUT2D eigenvalue weighted by Crippen LogP contribution is 2.43. The summed E-state index contributed by atoms with van der Waals surface area (Å²) in [5, 5.41) is 9.70. The van der Waals surface area contributed by atoms with Crippen molar-refractivity contribution in [2.75, 3.05) is 0 Å². The molecule has 2 rings (SSSR count). The number of benzene rings is 1. The third kappa shape index (κ3) is 3.09. The third-order valence-electron chi connectivity index (χ3n) is 3.93. The zero-order chi connectivity index (χ0) is 15.7. The van der Waals surface area contributed by atoms with Crippen LogP contribution in [0.5, 0.6) is 0 Å². The minimum atomic E-state index is -0.951. The van der Waals surface area contributed by atoms with E-state index in [1.165, 1.54) is 0 Å². The van der Waals surface area contributed by atoms with Gasteiger partial charge in [0, 0.05) is 0 Å². The van der Waals surface area contributed by atoms with Gasteiger partial charge in [-0.05, 0) is 45.2 Å². The maximum Gasteiger partial charge on any atom is 0.338 e. The number of carbonyl (C=O) groups is 2. The molecule has 1 fully saturated rings. The Bertz CT molecular complexity index is 548. The maximum atomic E-state index is 12.4. The van der Waals surface area contributed by atoms with E-state index < -0.39 is 23.0 Å². The fourth-order valence-electron chi connectivity index (χ4n) is 2.99. The summed E-state index contributed by atoms with van der Waals surface area (Å²) in [6, 6.07) is 6.94. The van der Waals surface area contributed by atoms with E-state index in [9.17, 15) is 14.7 Å². The van der Waals surface area contributed by atoms with Gasteiger partial charge in [0.15, 0.2) is 0 Å². The minimum Gasteiger partial charge on any atom is -0.481 e. The SMILES string of the molecule is CC(C)(C)OC(=O)c1ccccc1C1(C(=O)O)CCCC1. The quantitative estimate of drug-likeness (QED) is 0.865. The lowest BCUT2D eigenvalue weighted by Crippen LogP contribution is -2.35. The first kappa shape index (κ1) is 15.5. The van der Waals surface area contributed by atoms with Gasteiger partial charge in [0.05, 0.1) is 11.0 Å². The molecule has 1 aliphatic rings. The zero-order valence-electron chi connectivity index (χ0n) is 12.8. The van der Waals surface area contributed by atoms with Gasteiger partial charge in [0.1, 0.15) is 5.60 Å². The molecule has 0 unspecified atom stereocenters. The minimum absolute atomic E-state index is 0.372. The van der Waals surface area contributed by atoms with Crippen LogP contribution in [0, 0.1) is 0 Å². The van der Waals surface area contributed by atoms with Crippen LogP contribution in [-0.4, -0.2) is 22.6 Å². The van der Waals surface area contributed by atoms with Crippen molar-refractivity contribution in [3.63, 3.8) is 0 Å². The molecule has 0 aliphatic heterocycles. The van der Waals surface area contributed by atoms with E-state index in [0.717, 1.165) is 12.8 Å². The van der Waals surface area contributed by atoms with Crippen LogP contribution in [0.15, 0.2) is 24.3 Å². The van der Waals surface area contributed by atoms with E-state index >= 15 is 0 Å². The molecule has 114 valence electrons. The summed E-state index contributed by atoms with van der Waals surface area (Å²) in [7, 11) is 0. The Morgan fingerprint density at radius 2 is 1.71 bits per heavy atom. The summed E-state index contributed by atoms with van der Waals surface area (Å²) in [6.45, 7) is 5.40. The van der Waals surface area contributed by atoms with E-state index in [1.54, 1.807) is 45.0 Å². The van der Waals surface area contributed by atoms with Crippen LogP contribution in [0.1, 0.15) is 62.4 Å². The van der Waals surface area contributed by atoms with E-state index in [0.29, 0.717) is 24.0 Å². The lowest BCUT2D eigenvalue weighted by Gasteiger charge is -2.27. The molecule has 0 saturated heterocycles. The van der Waals surface area contributed by atoms with Gasteiger partial charge >= 0.3 is 11.9 Å². The third-order valence-corrected chi connectivity index (χ3v) is 3.93. The molecular formula is C17H22O4. The van der Waals surface area contributed by atoms with Gasteiger partial charge in [-0.15, -0.1) is 0 Å². The molecule has 21 heavy (non-hydrogen) atoms. The molecule has 0 spiro atoms. The number of carboxylic acids is 1. The molecular weight excluding hydrogens is 268 g/mol. The van der Waals surface area contributed by atoms with E-state index in [2.05, 4.69) is 0 Å². The van der Waals surface area contributed by atoms with Crippen LogP contribution in [0.2, 0.25) is 0 Å². The Labute approximate surface area is 125 Å². The van der Waals surface area contributed by atoms with Crippen LogP contribution in [-0.2, 0) is 14.9 Å². The number of carbonyl (C=O) groups excluding carboxylic acids is 1. The molecule has 1 N–H and O–H groups in total. The first-order chi connectivity index (χ1) is 9.76. The second-order valence-electron chi connectivity index (χ2n) is 6.64. The van der Waals surface area contributed by atoms with Gasteiger partial charge in [-0.2, -0.15) is 0 Å². The van der Waals surface area contributed by atoms with Crippen molar-refractivity contribution in [2.45, 2.75) is 57.5 Å². The standard InChI is InChI=1S/C17H22O4/c1-16(2,3)21-14(18)12-8-4-5-9-13(12)17(15(19)20)10-6-7-11-17/h4-5,8-9H,6-7,10-11H2,1-3H3,(H,19,20). The summed E-state index contributed by atoms with van der Waals surface area (Å²) in [6.07, 6.45) is 2.88.